The van der Waals surface area contributed by atoms with Gasteiger partial charge in [-0.05, 0) is 24.3 Å². The minimum Gasteiger partial charge on any atom is -0.323 e. The summed E-state index contributed by atoms with van der Waals surface area (Å²) >= 11 is 6.10. The summed E-state index contributed by atoms with van der Waals surface area (Å²) < 4.78 is 1.10. The summed E-state index contributed by atoms with van der Waals surface area (Å²) in [5.41, 5.74) is -0.110. The normalized spacial score (nSPS) is 10.7. The maximum atomic E-state index is 12.1. The highest BCUT2D eigenvalue weighted by Crippen LogP contribution is 2.27. The Hall–Kier alpha value is -2.93. The summed E-state index contributed by atoms with van der Waals surface area (Å²) in [5, 5.41) is 3.94. The number of hydrogen-bond acceptors (Lipinski definition) is 4. The molecule has 0 aliphatic carbocycles. The van der Waals surface area contributed by atoms with E-state index in [1.807, 2.05) is 0 Å². The molecule has 1 amide bonds. The molecule has 23 heavy (non-hydrogen) atoms. The molecule has 3 aromatic rings. The third-order valence-corrected chi connectivity index (χ3v) is 3.53. The Morgan fingerprint density at radius 3 is 2.87 bits per heavy atom. The van der Waals surface area contributed by atoms with Crippen molar-refractivity contribution in [1.29, 1.82) is 0 Å². The Kier molecular flexibility index (Phi) is 3.94. The van der Waals surface area contributed by atoms with E-state index in [2.05, 4.69) is 15.3 Å². The van der Waals surface area contributed by atoms with Crippen LogP contribution in [0, 0.1) is 0 Å². The highest BCUT2D eigenvalue weighted by molar-refractivity contribution is 6.35. The summed E-state index contributed by atoms with van der Waals surface area (Å²) in [5.74, 6) is -0.423. The lowest BCUT2D eigenvalue weighted by Gasteiger charge is -2.09. The molecule has 116 valence electrons. The van der Waals surface area contributed by atoms with Crippen LogP contribution in [0.2, 0.25) is 5.02 Å². The Labute approximate surface area is 134 Å². The quantitative estimate of drug-likeness (QED) is 0.758. The number of rotatable bonds is 3. The predicted molar refractivity (Wildman–Crippen MR) is 86.7 cm³/mol. The monoisotopic (exact) mass is 330 g/mol. The van der Waals surface area contributed by atoms with Crippen LogP contribution in [0.3, 0.4) is 0 Å². The molecule has 0 aliphatic heterocycles. The lowest BCUT2D eigenvalue weighted by molar-refractivity contribution is -0.116. The van der Waals surface area contributed by atoms with E-state index in [1.54, 1.807) is 30.5 Å². The van der Waals surface area contributed by atoms with Gasteiger partial charge in [0, 0.05) is 23.8 Å². The minimum atomic E-state index is -0.647. The van der Waals surface area contributed by atoms with Crippen molar-refractivity contribution < 1.29 is 4.79 Å². The number of hydrogen-bond donors (Lipinski definition) is 2. The number of anilines is 1. The highest BCUT2D eigenvalue weighted by atomic mass is 35.5. The summed E-state index contributed by atoms with van der Waals surface area (Å²) in [6.07, 6.45) is 2.86. The lowest BCUT2D eigenvalue weighted by Crippen LogP contribution is -2.32. The van der Waals surface area contributed by atoms with Crippen molar-refractivity contribution in [2.75, 3.05) is 5.32 Å². The molecule has 2 heterocycles. The average molecular weight is 331 g/mol. The third-order valence-electron chi connectivity index (χ3n) is 3.20. The molecule has 0 bridgehead atoms. The van der Waals surface area contributed by atoms with Crippen molar-refractivity contribution in [1.82, 2.24) is 14.5 Å². The van der Waals surface area contributed by atoms with Gasteiger partial charge in [-0.1, -0.05) is 11.6 Å². The second-order valence-electron chi connectivity index (χ2n) is 4.78. The van der Waals surface area contributed by atoms with Gasteiger partial charge in [0.05, 0.1) is 16.2 Å². The van der Waals surface area contributed by atoms with Gasteiger partial charge in [0.2, 0.25) is 5.91 Å². The van der Waals surface area contributed by atoms with Crippen LogP contribution in [0.5, 0.6) is 0 Å². The average Bonchev–Trinajstić information content (AvgIpc) is 2.53. The second kappa shape index (κ2) is 6.05. The first-order valence-electron chi connectivity index (χ1n) is 6.67. The fourth-order valence-electron chi connectivity index (χ4n) is 2.15. The van der Waals surface area contributed by atoms with Gasteiger partial charge >= 0.3 is 5.69 Å². The summed E-state index contributed by atoms with van der Waals surface area (Å²) in [7, 11) is 0. The molecule has 0 saturated heterocycles. The maximum absolute atomic E-state index is 12.1. The van der Waals surface area contributed by atoms with Crippen molar-refractivity contribution in [3.8, 4) is 0 Å². The largest absolute Gasteiger partial charge is 0.328 e. The van der Waals surface area contributed by atoms with E-state index in [-0.39, 0.29) is 6.54 Å². The number of H-pyrrole nitrogens is 1. The molecular weight excluding hydrogens is 320 g/mol. The summed E-state index contributed by atoms with van der Waals surface area (Å²) in [6.45, 7) is -0.230. The third kappa shape index (κ3) is 3.14. The number of fused-ring (bicyclic) bond motifs is 1. The number of aromatic nitrogens is 3. The van der Waals surface area contributed by atoms with Crippen LogP contribution in [0.15, 0.2) is 52.3 Å². The molecule has 8 heteroatoms. The van der Waals surface area contributed by atoms with Crippen LogP contribution < -0.4 is 16.6 Å². The van der Waals surface area contributed by atoms with E-state index in [1.165, 1.54) is 12.3 Å². The zero-order valence-electron chi connectivity index (χ0n) is 11.7. The molecule has 0 spiro atoms. The Morgan fingerprint density at radius 1 is 1.26 bits per heavy atom. The van der Waals surface area contributed by atoms with Crippen molar-refractivity contribution in [2.45, 2.75) is 6.54 Å². The Morgan fingerprint density at radius 2 is 2.09 bits per heavy atom. The molecule has 0 saturated carbocycles. The minimum absolute atomic E-state index is 0.230. The van der Waals surface area contributed by atoms with Gasteiger partial charge in [-0.25, -0.2) is 4.79 Å². The van der Waals surface area contributed by atoms with Crippen molar-refractivity contribution in [3.05, 3.63) is 68.6 Å². The number of carbonyl (C=O) groups excluding carboxylic acids is 1. The molecule has 0 atom stereocenters. The van der Waals surface area contributed by atoms with Gasteiger partial charge in [0.25, 0.3) is 5.56 Å². The van der Waals surface area contributed by atoms with E-state index >= 15 is 0 Å². The topological polar surface area (TPSA) is 96.9 Å². The number of halogens is 1. The molecular formula is C15H11ClN4O3. The molecule has 2 N–H and O–H groups in total. The number of amides is 1. The van der Waals surface area contributed by atoms with E-state index < -0.39 is 17.2 Å². The summed E-state index contributed by atoms with van der Waals surface area (Å²) in [4.78, 5) is 41.0. The SMILES string of the molecule is O=C(Cn1ccc(=O)[nH]c1=O)Nc1ccc(Cl)c2cccnc12. The van der Waals surface area contributed by atoms with Crippen molar-refractivity contribution >= 4 is 34.1 Å². The first-order valence-corrected chi connectivity index (χ1v) is 7.05. The van der Waals surface area contributed by atoms with Crippen LogP contribution in [0.4, 0.5) is 5.69 Å². The lowest BCUT2D eigenvalue weighted by atomic mass is 10.2. The van der Waals surface area contributed by atoms with Gasteiger partial charge in [-0.3, -0.25) is 24.1 Å². The summed E-state index contributed by atoms with van der Waals surface area (Å²) in [6, 6.07) is 8.03. The highest BCUT2D eigenvalue weighted by Gasteiger charge is 2.10. The van der Waals surface area contributed by atoms with Gasteiger partial charge in [-0.2, -0.15) is 0 Å². The predicted octanol–water partition coefficient (Wildman–Crippen LogP) is 1.38. The molecule has 0 radical (unpaired) electrons. The van der Waals surface area contributed by atoms with Gasteiger partial charge < -0.3 is 5.32 Å². The Bertz CT molecular complexity index is 1010. The van der Waals surface area contributed by atoms with Crippen LogP contribution >= 0.6 is 11.6 Å². The number of nitrogens with zero attached hydrogens (tertiary/aromatic N) is 2. The molecule has 7 nitrogen and oxygen atoms in total. The van der Waals surface area contributed by atoms with E-state index in [4.69, 9.17) is 11.6 Å². The first-order chi connectivity index (χ1) is 11.0. The molecule has 1 aromatic carbocycles. The zero-order valence-corrected chi connectivity index (χ0v) is 12.5. The molecule has 3 rings (SSSR count). The molecule has 2 aromatic heterocycles. The number of benzene rings is 1. The zero-order chi connectivity index (χ0) is 16.4. The van der Waals surface area contributed by atoms with Crippen molar-refractivity contribution in [3.63, 3.8) is 0 Å². The fraction of sp³-hybridized carbons (Fsp3) is 0.0667. The van der Waals surface area contributed by atoms with Crippen molar-refractivity contribution in [2.24, 2.45) is 0 Å². The van der Waals surface area contributed by atoms with Gasteiger partial charge in [0.1, 0.15) is 6.54 Å². The molecule has 0 unspecified atom stereocenters. The fourth-order valence-corrected chi connectivity index (χ4v) is 2.37. The van der Waals surface area contributed by atoms with Crippen LogP contribution in [-0.2, 0) is 11.3 Å². The van der Waals surface area contributed by atoms with E-state index in [0.717, 1.165) is 4.57 Å². The maximum Gasteiger partial charge on any atom is 0.328 e. The van der Waals surface area contributed by atoms with E-state index in [9.17, 15) is 14.4 Å². The van der Waals surface area contributed by atoms with Gasteiger partial charge in [0.15, 0.2) is 0 Å². The van der Waals surface area contributed by atoms with E-state index in [0.29, 0.717) is 21.6 Å². The number of aromatic amines is 1. The van der Waals surface area contributed by atoms with Crippen LogP contribution in [-0.4, -0.2) is 20.4 Å². The number of pyridine rings is 1. The van der Waals surface area contributed by atoms with Gasteiger partial charge in [-0.15, -0.1) is 0 Å². The molecule has 0 fully saturated rings. The second-order valence-corrected chi connectivity index (χ2v) is 5.19. The van der Waals surface area contributed by atoms with Crippen LogP contribution in [0.25, 0.3) is 10.9 Å². The Balaban J connectivity index is 1.87. The first kappa shape index (κ1) is 15.0. The number of carbonyl (C=O) groups is 1. The van der Waals surface area contributed by atoms with Crippen LogP contribution in [0.1, 0.15) is 0 Å². The molecule has 0 aliphatic rings. The number of nitrogens with one attached hydrogen (secondary N) is 2. The smallest absolute Gasteiger partial charge is 0.323 e. The standard InChI is InChI=1S/C15H11ClN4O3/c16-10-3-4-11(14-9(10)2-1-6-17-14)18-13(22)8-20-7-5-12(21)19-15(20)23/h1-7H,8H2,(H,18,22)(H,19,21,23).